The van der Waals surface area contributed by atoms with E-state index >= 15 is 0 Å². The summed E-state index contributed by atoms with van der Waals surface area (Å²) < 4.78 is 0. The number of nitrogen functional groups attached to an aromatic ring is 2. The van der Waals surface area contributed by atoms with Crippen molar-refractivity contribution in [3.05, 3.63) is 75.6 Å². The molecular formula is C21H14ClN4OS+. The molecule has 136 valence electrons. The molecule has 2 aromatic heterocycles. The third-order valence-corrected chi connectivity index (χ3v) is 5.82. The largest absolute Gasteiger partial charge is 0.397 e. The highest BCUT2D eigenvalue weighted by atomic mass is 35.5. The third kappa shape index (κ3) is 2.87. The smallest absolute Gasteiger partial charge is 0.290 e. The van der Waals surface area contributed by atoms with E-state index in [0.29, 0.717) is 36.9 Å². The Bertz CT molecular complexity index is 1260. The summed E-state index contributed by atoms with van der Waals surface area (Å²) in [5, 5.41) is 10.9. The van der Waals surface area contributed by atoms with Crippen molar-refractivity contribution in [3.63, 3.8) is 0 Å². The van der Waals surface area contributed by atoms with Crippen LogP contribution in [-0.2, 0) is 0 Å². The molecular weight excluding hydrogens is 392 g/mol. The summed E-state index contributed by atoms with van der Waals surface area (Å²) in [4.78, 5) is 17.0. The maximum Gasteiger partial charge on any atom is 0.290 e. The molecule has 4 rings (SSSR count). The number of anilines is 2. The first-order valence-corrected chi connectivity index (χ1v) is 9.53. The van der Waals surface area contributed by atoms with E-state index in [1.807, 2.05) is 6.07 Å². The predicted molar refractivity (Wildman–Crippen MR) is 112 cm³/mol. The molecule has 0 aliphatic heterocycles. The first kappa shape index (κ1) is 18.0. The number of halogens is 1. The van der Waals surface area contributed by atoms with Crippen LogP contribution in [0.5, 0.6) is 0 Å². The van der Waals surface area contributed by atoms with Crippen LogP contribution in [0.2, 0.25) is 5.02 Å². The molecule has 2 heterocycles. The van der Waals surface area contributed by atoms with Gasteiger partial charge in [-0.1, -0.05) is 65.4 Å². The minimum Gasteiger partial charge on any atom is -0.397 e. The van der Waals surface area contributed by atoms with Gasteiger partial charge in [0.25, 0.3) is 5.82 Å². The fourth-order valence-electron chi connectivity index (χ4n) is 3.14. The van der Waals surface area contributed by atoms with Gasteiger partial charge in [-0.2, -0.15) is 5.26 Å². The van der Waals surface area contributed by atoms with Gasteiger partial charge in [0, 0.05) is 16.1 Å². The van der Waals surface area contributed by atoms with Gasteiger partial charge in [-0.05, 0) is 17.7 Å². The summed E-state index contributed by atoms with van der Waals surface area (Å²) in [7, 11) is 0. The van der Waals surface area contributed by atoms with Crippen LogP contribution in [0.3, 0.4) is 0 Å². The van der Waals surface area contributed by atoms with Crippen LogP contribution in [0.1, 0.15) is 20.8 Å². The second-order valence-corrected chi connectivity index (χ2v) is 7.61. The Balaban J connectivity index is 2.03. The Kier molecular flexibility index (Phi) is 4.47. The summed E-state index contributed by atoms with van der Waals surface area (Å²) in [5.41, 5.74) is 15.0. The predicted octanol–water partition coefficient (Wildman–Crippen LogP) is 4.30. The summed E-state index contributed by atoms with van der Waals surface area (Å²) in [6.45, 7) is 0. The average molecular weight is 406 g/mol. The van der Waals surface area contributed by atoms with Crippen molar-refractivity contribution < 1.29 is 9.78 Å². The number of nitrogens with zero attached hydrogens (tertiary/aromatic N) is 1. The minimum atomic E-state index is -0.174. The van der Waals surface area contributed by atoms with E-state index in [2.05, 4.69) is 11.1 Å². The summed E-state index contributed by atoms with van der Waals surface area (Å²) in [5.74, 6) is 0.0479. The van der Waals surface area contributed by atoms with E-state index in [0.717, 1.165) is 5.56 Å². The lowest BCUT2D eigenvalue weighted by atomic mass is 9.96. The highest BCUT2D eigenvalue weighted by Crippen LogP contribution is 2.41. The molecule has 0 fully saturated rings. The second kappa shape index (κ2) is 6.97. The van der Waals surface area contributed by atoms with Crippen molar-refractivity contribution in [1.82, 2.24) is 0 Å². The lowest BCUT2D eigenvalue weighted by Crippen LogP contribution is -2.13. The van der Waals surface area contributed by atoms with E-state index in [9.17, 15) is 10.1 Å². The molecule has 4 aromatic rings. The molecule has 7 heteroatoms. The lowest BCUT2D eigenvalue weighted by Gasteiger charge is -2.07. The van der Waals surface area contributed by atoms with Gasteiger partial charge in [-0.3, -0.25) is 10.5 Å². The highest BCUT2D eigenvalue weighted by molar-refractivity contribution is 7.21. The van der Waals surface area contributed by atoms with Crippen molar-refractivity contribution in [2.75, 3.05) is 11.5 Å². The Hall–Kier alpha value is -3.40. The summed E-state index contributed by atoms with van der Waals surface area (Å²) >= 11 is 7.23. The Morgan fingerprint density at radius 3 is 2.39 bits per heavy atom. The van der Waals surface area contributed by atoms with Crippen LogP contribution in [-0.4, -0.2) is 5.78 Å². The molecule has 5 N–H and O–H groups in total. The van der Waals surface area contributed by atoms with Gasteiger partial charge in [0.15, 0.2) is 4.83 Å². The highest BCUT2D eigenvalue weighted by Gasteiger charge is 2.26. The number of nitrogens with one attached hydrogen (secondary N) is 1. The van der Waals surface area contributed by atoms with E-state index in [4.69, 9.17) is 23.1 Å². The number of H-pyrrole nitrogens is 1. The zero-order valence-corrected chi connectivity index (χ0v) is 16.1. The molecule has 0 radical (unpaired) electrons. The molecule has 0 atom stereocenters. The topological polar surface area (TPSA) is 107 Å². The van der Waals surface area contributed by atoms with E-state index in [1.54, 1.807) is 48.5 Å². The SMILES string of the molecule is N#Cc1c(N)[nH+]c2sc(C(=O)c3ccccc3)c(N)c2c1-c1ccc(Cl)cc1. The Morgan fingerprint density at radius 1 is 1.07 bits per heavy atom. The van der Waals surface area contributed by atoms with Crippen molar-refractivity contribution in [1.29, 1.82) is 5.26 Å². The molecule has 0 amide bonds. The van der Waals surface area contributed by atoms with Crippen molar-refractivity contribution >= 4 is 50.4 Å². The molecule has 2 aromatic carbocycles. The van der Waals surface area contributed by atoms with Gasteiger partial charge in [-0.15, -0.1) is 0 Å². The maximum atomic E-state index is 13.0. The number of nitrogens with two attached hydrogens (primary N) is 2. The molecule has 0 saturated carbocycles. The fourth-order valence-corrected chi connectivity index (χ4v) is 4.36. The van der Waals surface area contributed by atoms with Gasteiger partial charge in [0.05, 0.1) is 11.1 Å². The fraction of sp³-hybridized carbons (Fsp3) is 0. The van der Waals surface area contributed by atoms with Crippen molar-refractivity contribution in [3.8, 4) is 17.2 Å². The monoisotopic (exact) mass is 405 g/mol. The van der Waals surface area contributed by atoms with Crippen LogP contribution in [0.25, 0.3) is 21.3 Å². The molecule has 28 heavy (non-hydrogen) atoms. The van der Waals surface area contributed by atoms with Crippen molar-refractivity contribution in [2.24, 2.45) is 0 Å². The first-order chi connectivity index (χ1) is 13.5. The van der Waals surface area contributed by atoms with E-state index in [1.165, 1.54) is 11.3 Å². The molecule has 0 spiro atoms. The summed E-state index contributed by atoms with van der Waals surface area (Å²) in [6, 6.07) is 18.1. The maximum absolute atomic E-state index is 13.0. The van der Waals surface area contributed by atoms with Crippen molar-refractivity contribution in [2.45, 2.75) is 0 Å². The van der Waals surface area contributed by atoms with Gasteiger partial charge in [-0.25, -0.2) is 4.98 Å². The minimum absolute atomic E-state index is 0.174. The molecule has 0 aliphatic rings. The average Bonchev–Trinajstić information content (AvgIpc) is 3.03. The van der Waals surface area contributed by atoms with Gasteiger partial charge in [0.1, 0.15) is 16.5 Å². The number of ketones is 1. The molecule has 0 unspecified atom stereocenters. The zero-order chi connectivity index (χ0) is 19.8. The number of aromatic nitrogens is 1. The number of hydrogen-bond acceptors (Lipinski definition) is 5. The van der Waals surface area contributed by atoms with E-state index in [-0.39, 0.29) is 17.2 Å². The standard InChI is InChI=1S/C21H13ClN4OS/c22-13-8-6-11(7-9-13)15-14(10-23)20(25)26-21-16(15)17(24)19(28-21)18(27)12-4-2-1-3-5-12/h1-9H,24H2,(H2,25,26)/p+1. The number of carbonyl (C=O) groups is 1. The number of rotatable bonds is 3. The summed E-state index contributed by atoms with van der Waals surface area (Å²) in [6.07, 6.45) is 0. The van der Waals surface area contributed by atoms with Crippen LogP contribution in [0.4, 0.5) is 11.5 Å². The number of nitriles is 1. The number of benzene rings is 2. The number of carbonyl (C=O) groups excluding carboxylic acids is 1. The third-order valence-electron chi connectivity index (χ3n) is 4.45. The Morgan fingerprint density at radius 2 is 1.75 bits per heavy atom. The van der Waals surface area contributed by atoms with Gasteiger partial charge >= 0.3 is 0 Å². The number of fused-ring (bicyclic) bond motifs is 1. The second-order valence-electron chi connectivity index (χ2n) is 6.15. The zero-order valence-electron chi connectivity index (χ0n) is 14.5. The lowest BCUT2D eigenvalue weighted by molar-refractivity contribution is -0.323. The van der Waals surface area contributed by atoms with Crippen LogP contribution < -0.4 is 16.5 Å². The number of aromatic amines is 1. The molecule has 5 nitrogen and oxygen atoms in total. The quantitative estimate of drug-likeness (QED) is 0.495. The molecule has 0 bridgehead atoms. The number of pyridine rings is 1. The van der Waals surface area contributed by atoms with Crippen LogP contribution in [0.15, 0.2) is 54.6 Å². The Labute approximate surface area is 169 Å². The number of hydrogen-bond donors (Lipinski definition) is 2. The first-order valence-electron chi connectivity index (χ1n) is 8.33. The molecule has 0 saturated heterocycles. The van der Waals surface area contributed by atoms with Crippen LogP contribution in [0, 0.1) is 11.3 Å². The van der Waals surface area contributed by atoms with Gasteiger partial charge < -0.3 is 5.73 Å². The molecule has 0 aliphatic carbocycles. The normalized spacial score (nSPS) is 10.7. The van der Waals surface area contributed by atoms with E-state index < -0.39 is 0 Å². The van der Waals surface area contributed by atoms with Gasteiger partial charge in [0.2, 0.25) is 5.78 Å². The van der Waals surface area contributed by atoms with Crippen LogP contribution >= 0.6 is 22.9 Å². The number of thiophene rings is 1.